The van der Waals surface area contributed by atoms with Crippen LogP contribution in [-0.2, 0) is 0 Å². The lowest BCUT2D eigenvalue weighted by atomic mass is 9.96. The van der Waals surface area contributed by atoms with E-state index >= 15 is 0 Å². The Morgan fingerprint density at radius 3 is 1.52 bits per heavy atom. The molecule has 0 radical (unpaired) electrons. The molecule has 3 heteroatoms. The summed E-state index contributed by atoms with van der Waals surface area (Å²) in [5.74, 6) is 0. The second-order valence-electron chi connectivity index (χ2n) is 5.74. The molecule has 0 bridgehead atoms. The molecule has 0 fully saturated rings. The molecule has 0 saturated carbocycles. The zero-order valence-electron chi connectivity index (χ0n) is 13.4. The Kier molecular flexibility index (Phi) is 4.57. The van der Waals surface area contributed by atoms with Crippen LogP contribution in [0.1, 0.15) is 0 Å². The standard InChI is InChI=1S/C22H15IN2/c23-20-9-7-16(8-10-20)17-13-18(21-5-1-3-11-24-21)15-19(14-17)22-6-2-4-12-25-22/h1-15H. The number of aromatic nitrogens is 2. The molecule has 0 atom stereocenters. The van der Waals surface area contributed by atoms with Crippen molar-refractivity contribution >= 4 is 22.6 Å². The van der Waals surface area contributed by atoms with E-state index in [0.717, 1.165) is 22.5 Å². The molecule has 0 spiro atoms. The predicted octanol–water partition coefficient (Wildman–Crippen LogP) is 6.08. The van der Waals surface area contributed by atoms with Crippen LogP contribution < -0.4 is 0 Å². The van der Waals surface area contributed by atoms with Crippen molar-refractivity contribution in [1.29, 1.82) is 0 Å². The topological polar surface area (TPSA) is 25.8 Å². The van der Waals surface area contributed by atoms with Gasteiger partial charge in [0.2, 0.25) is 0 Å². The number of rotatable bonds is 3. The lowest BCUT2D eigenvalue weighted by Crippen LogP contribution is -1.89. The maximum Gasteiger partial charge on any atom is 0.0702 e. The normalized spacial score (nSPS) is 10.6. The molecular weight excluding hydrogens is 419 g/mol. The van der Waals surface area contributed by atoms with Crippen LogP contribution in [0.5, 0.6) is 0 Å². The molecule has 2 aromatic heterocycles. The highest BCUT2D eigenvalue weighted by Gasteiger charge is 2.08. The summed E-state index contributed by atoms with van der Waals surface area (Å²) in [6.45, 7) is 0. The van der Waals surface area contributed by atoms with Crippen LogP contribution in [0.3, 0.4) is 0 Å². The summed E-state index contributed by atoms with van der Waals surface area (Å²) in [6, 6.07) is 27.1. The molecule has 0 aliphatic heterocycles. The van der Waals surface area contributed by atoms with Crippen LogP contribution in [0.2, 0.25) is 0 Å². The van der Waals surface area contributed by atoms with Gasteiger partial charge in [-0.25, -0.2) is 0 Å². The fourth-order valence-electron chi connectivity index (χ4n) is 2.80. The second kappa shape index (κ2) is 7.15. The second-order valence-corrected chi connectivity index (χ2v) is 6.98. The fourth-order valence-corrected chi connectivity index (χ4v) is 3.16. The lowest BCUT2D eigenvalue weighted by Gasteiger charge is -2.10. The third kappa shape index (κ3) is 3.61. The molecule has 120 valence electrons. The zero-order chi connectivity index (χ0) is 17.1. The maximum atomic E-state index is 4.51. The van der Waals surface area contributed by atoms with Crippen molar-refractivity contribution in [3.63, 3.8) is 0 Å². The summed E-state index contributed by atoms with van der Waals surface area (Å²) < 4.78 is 1.23. The molecule has 2 nitrogen and oxygen atoms in total. The van der Waals surface area contributed by atoms with Crippen LogP contribution in [-0.4, -0.2) is 9.97 Å². The smallest absolute Gasteiger partial charge is 0.0702 e. The number of pyridine rings is 2. The van der Waals surface area contributed by atoms with Gasteiger partial charge >= 0.3 is 0 Å². The van der Waals surface area contributed by atoms with Crippen molar-refractivity contribution < 1.29 is 0 Å². The van der Waals surface area contributed by atoms with Gasteiger partial charge < -0.3 is 0 Å². The van der Waals surface area contributed by atoms with E-state index in [0.29, 0.717) is 0 Å². The Morgan fingerprint density at radius 2 is 1.04 bits per heavy atom. The van der Waals surface area contributed by atoms with Crippen molar-refractivity contribution in [2.75, 3.05) is 0 Å². The molecule has 0 aliphatic rings. The van der Waals surface area contributed by atoms with Crippen molar-refractivity contribution in [2.24, 2.45) is 0 Å². The maximum absolute atomic E-state index is 4.51. The summed E-state index contributed by atoms with van der Waals surface area (Å²) in [7, 11) is 0. The fraction of sp³-hybridized carbons (Fsp3) is 0. The number of hydrogen-bond acceptors (Lipinski definition) is 2. The molecule has 0 aliphatic carbocycles. The predicted molar refractivity (Wildman–Crippen MR) is 111 cm³/mol. The molecule has 25 heavy (non-hydrogen) atoms. The third-order valence-electron chi connectivity index (χ3n) is 4.03. The Bertz CT molecular complexity index is 924. The molecule has 0 amide bonds. The largest absolute Gasteiger partial charge is 0.256 e. The first-order valence-electron chi connectivity index (χ1n) is 8.03. The Hall–Kier alpha value is -2.53. The number of nitrogens with zero attached hydrogens (tertiary/aromatic N) is 2. The average molecular weight is 434 g/mol. The first kappa shape index (κ1) is 16.0. The van der Waals surface area contributed by atoms with Crippen LogP contribution in [0.15, 0.2) is 91.3 Å². The van der Waals surface area contributed by atoms with Gasteiger partial charge in [0.25, 0.3) is 0 Å². The average Bonchev–Trinajstić information content (AvgIpc) is 2.69. The Morgan fingerprint density at radius 1 is 0.520 bits per heavy atom. The van der Waals surface area contributed by atoms with Gasteiger partial charge in [-0.2, -0.15) is 0 Å². The van der Waals surface area contributed by atoms with Crippen LogP contribution >= 0.6 is 22.6 Å². The highest BCUT2D eigenvalue weighted by atomic mass is 127. The van der Waals surface area contributed by atoms with Crippen molar-refractivity contribution in [3.8, 4) is 33.6 Å². The summed E-state index contributed by atoms with van der Waals surface area (Å²) >= 11 is 2.33. The van der Waals surface area contributed by atoms with E-state index in [9.17, 15) is 0 Å². The molecule has 2 aromatic carbocycles. The van der Waals surface area contributed by atoms with Gasteiger partial charge in [0, 0.05) is 27.1 Å². The van der Waals surface area contributed by atoms with E-state index in [1.807, 2.05) is 48.8 Å². The molecule has 0 N–H and O–H groups in total. The minimum absolute atomic E-state index is 0.965. The van der Waals surface area contributed by atoms with Crippen LogP contribution in [0.4, 0.5) is 0 Å². The molecule has 0 unspecified atom stereocenters. The van der Waals surface area contributed by atoms with E-state index in [-0.39, 0.29) is 0 Å². The van der Waals surface area contributed by atoms with Crippen LogP contribution in [0, 0.1) is 3.57 Å². The molecule has 4 rings (SSSR count). The van der Waals surface area contributed by atoms with Crippen molar-refractivity contribution in [1.82, 2.24) is 9.97 Å². The lowest BCUT2D eigenvalue weighted by molar-refractivity contribution is 1.31. The summed E-state index contributed by atoms with van der Waals surface area (Å²) in [4.78, 5) is 9.02. The minimum atomic E-state index is 0.965. The number of hydrogen-bond donors (Lipinski definition) is 0. The third-order valence-corrected chi connectivity index (χ3v) is 4.75. The van der Waals surface area contributed by atoms with E-state index in [2.05, 4.69) is 75.0 Å². The Labute approximate surface area is 160 Å². The first-order chi connectivity index (χ1) is 12.3. The summed E-state index contributed by atoms with van der Waals surface area (Å²) in [5.41, 5.74) is 6.48. The van der Waals surface area contributed by atoms with Gasteiger partial charge in [0.1, 0.15) is 0 Å². The molecule has 4 aromatic rings. The van der Waals surface area contributed by atoms with Gasteiger partial charge in [0.15, 0.2) is 0 Å². The Balaban J connectivity index is 1.90. The summed E-state index contributed by atoms with van der Waals surface area (Å²) in [5, 5.41) is 0. The molecule has 2 heterocycles. The van der Waals surface area contributed by atoms with E-state index < -0.39 is 0 Å². The van der Waals surface area contributed by atoms with E-state index in [4.69, 9.17) is 0 Å². The first-order valence-corrected chi connectivity index (χ1v) is 9.11. The van der Waals surface area contributed by atoms with Gasteiger partial charge in [-0.05, 0) is 88.3 Å². The number of halogens is 1. The van der Waals surface area contributed by atoms with Crippen molar-refractivity contribution in [3.05, 3.63) is 94.8 Å². The quantitative estimate of drug-likeness (QED) is 0.365. The highest BCUT2D eigenvalue weighted by molar-refractivity contribution is 14.1. The van der Waals surface area contributed by atoms with Gasteiger partial charge in [-0.15, -0.1) is 0 Å². The van der Waals surface area contributed by atoms with Gasteiger partial charge in [0.05, 0.1) is 11.4 Å². The van der Waals surface area contributed by atoms with E-state index in [1.54, 1.807) is 0 Å². The SMILES string of the molecule is Ic1ccc(-c2cc(-c3ccccn3)cc(-c3ccccn3)c2)cc1. The van der Waals surface area contributed by atoms with Gasteiger partial charge in [-0.1, -0.05) is 24.3 Å². The monoisotopic (exact) mass is 434 g/mol. The number of benzene rings is 2. The van der Waals surface area contributed by atoms with E-state index in [1.165, 1.54) is 14.7 Å². The highest BCUT2D eigenvalue weighted by Crippen LogP contribution is 2.31. The van der Waals surface area contributed by atoms with Crippen LogP contribution in [0.25, 0.3) is 33.6 Å². The minimum Gasteiger partial charge on any atom is -0.256 e. The summed E-state index contributed by atoms with van der Waals surface area (Å²) in [6.07, 6.45) is 3.65. The van der Waals surface area contributed by atoms with Crippen molar-refractivity contribution in [2.45, 2.75) is 0 Å². The molecule has 0 saturated heterocycles. The zero-order valence-corrected chi connectivity index (χ0v) is 15.6. The molecular formula is C22H15IN2. The van der Waals surface area contributed by atoms with Gasteiger partial charge in [-0.3, -0.25) is 9.97 Å².